The fourth-order valence-corrected chi connectivity index (χ4v) is 2.06. The second-order valence-electron chi connectivity index (χ2n) is 4.88. The normalized spacial score (nSPS) is 15.7. The minimum absolute atomic E-state index is 0.725. The zero-order valence-electron chi connectivity index (χ0n) is 10.8. The maximum Gasteiger partial charge on any atom is 0.209 e. The summed E-state index contributed by atoms with van der Waals surface area (Å²) in [7, 11) is 0. The van der Waals surface area contributed by atoms with Gasteiger partial charge in [-0.3, -0.25) is 0 Å². The summed E-state index contributed by atoms with van der Waals surface area (Å²) in [5, 5.41) is 5.06. The molecule has 1 heterocycles. The highest BCUT2D eigenvalue weighted by Crippen LogP contribution is 2.35. The van der Waals surface area contributed by atoms with Crippen molar-refractivity contribution >= 4 is 17.0 Å². The number of aryl methyl sites for hydroxylation is 1. The largest absolute Gasteiger partial charge is 0.489 e. The van der Waals surface area contributed by atoms with Crippen LogP contribution in [0.1, 0.15) is 31.0 Å². The number of hydrogen-bond donors (Lipinski definition) is 0. The van der Waals surface area contributed by atoms with Crippen LogP contribution in [0.3, 0.4) is 0 Å². The van der Waals surface area contributed by atoms with Crippen LogP contribution in [0.15, 0.2) is 22.7 Å². The predicted molar refractivity (Wildman–Crippen MR) is 71.7 cm³/mol. The second-order valence-corrected chi connectivity index (χ2v) is 4.88. The Labute approximate surface area is 106 Å². The lowest BCUT2D eigenvalue weighted by molar-refractivity contribution is 0.295. The van der Waals surface area contributed by atoms with Crippen molar-refractivity contribution in [2.45, 2.75) is 26.7 Å². The molecule has 3 nitrogen and oxygen atoms in total. The highest BCUT2D eigenvalue weighted by Gasteiger charge is 2.23. The van der Waals surface area contributed by atoms with Gasteiger partial charge in [0.15, 0.2) is 5.75 Å². The third-order valence-electron chi connectivity index (χ3n) is 3.31. The van der Waals surface area contributed by atoms with E-state index in [4.69, 9.17) is 9.26 Å². The number of benzene rings is 1. The quantitative estimate of drug-likeness (QED) is 0.815. The van der Waals surface area contributed by atoms with Crippen molar-refractivity contribution in [1.82, 2.24) is 5.16 Å². The van der Waals surface area contributed by atoms with Gasteiger partial charge in [0.2, 0.25) is 5.58 Å². The molecule has 0 aliphatic heterocycles. The van der Waals surface area contributed by atoms with Crippen molar-refractivity contribution in [3.05, 3.63) is 29.5 Å². The van der Waals surface area contributed by atoms with Gasteiger partial charge < -0.3 is 9.26 Å². The molecule has 2 aromatic rings. The number of nitrogens with zero attached hydrogens (tertiary/aromatic N) is 1. The number of allylic oxidation sites excluding steroid dienone is 1. The van der Waals surface area contributed by atoms with Crippen LogP contribution < -0.4 is 4.74 Å². The molecule has 0 spiro atoms. The molecule has 3 heteroatoms. The van der Waals surface area contributed by atoms with E-state index in [2.05, 4.69) is 11.2 Å². The monoisotopic (exact) mass is 243 g/mol. The molecule has 1 aliphatic rings. The Morgan fingerprint density at radius 2 is 2.28 bits per heavy atom. The zero-order chi connectivity index (χ0) is 12.5. The maximum absolute atomic E-state index is 5.96. The fraction of sp³-hybridized carbons (Fsp3) is 0.400. The van der Waals surface area contributed by atoms with E-state index in [9.17, 15) is 0 Å². The van der Waals surface area contributed by atoms with E-state index in [0.29, 0.717) is 0 Å². The molecular weight excluding hydrogens is 226 g/mol. The van der Waals surface area contributed by atoms with Gasteiger partial charge >= 0.3 is 0 Å². The van der Waals surface area contributed by atoms with Gasteiger partial charge in [-0.05, 0) is 38.7 Å². The number of fused-ring (bicyclic) bond motifs is 1. The van der Waals surface area contributed by atoms with E-state index in [0.717, 1.165) is 40.5 Å². The van der Waals surface area contributed by atoms with Crippen LogP contribution in [-0.4, -0.2) is 11.8 Å². The molecule has 0 bridgehead atoms. The van der Waals surface area contributed by atoms with Crippen LogP contribution in [0.4, 0.5) is 0 Å². The smallest absolute Gasteiger partial charge is 0.209 e. The zero-order valence-corrected chi connectivity index (χ0v) is 10.8. The van der Waals surface area contributed by atoms with Crippen molar-refractivity contribution in [2.75, 3.05) is 6.61 Å². The van der Waals surface area contributed by atoms with Crippen molar-refractivity contribution in [2.24, 2.45) is 5.92 Å². The highest BCUT2D eigenvalue weighted by molar-refractivity contribution is 5.88. The van der Waals surface area contributed by atoms with Crippen molar-refractivity contribution in [1.29, 1.82) is 0 Å². The summed E-state index contributed by atoms with van der Waals surface area (Å²) in [5.74, 6) is 1.56. The lowest BCUT2D eigenvalue weighted by Crippen LogP contribution is -2.00. The Balaban J connectivity index is 2.05. The molecule has 1 aromatic heterocycles. The van der Waals surface area contributed by atoms with E-state index in [1.807, 2.05) is 32.1 Å². The molecule has 0 atom stereocenters. The van der Waals surface area contributed by atoms with Crippen molar-refractivity contribution in [3.8, 4) is 5.75 Å². The lowest BCUT2D eigenvalue weighted by atomic mass is 10.1. The molecule has 1 aromatic carbocycles. The lowest BCUT2D eigenvalue weighted by Gasteiger charge is -2.08. The summed E-state index contributed by atoms with van der Waals surface area (Å²) in [4.78, 5) is 0. The minimum Gasteiger partial charge on any atom is -0.489 e. The van der Waals surface area contributed by atoms with Crippen LogP contribution >= 0.6 is 0 Å². The van der Waals surface area contributed by atoms with Gasteiger partial charge in [-0.15, -0.1) is 0 Å². The summed E-state index contributed by atoms with van der Waals surface area (Å²) in [5.41, 5.74) is 2.74. The summed E-state index contributed by atoms with van der Waals surface area (Å²) in [6, 6.07) is 4.11. The first-order chi connectivity index (χ1) is 8.79. The number of ether oxygens (including phenoxy) is 1. The van der Waals surface area contributed by atoms with Gasteiger partial charge in [0, 0.05) is 10.9 Å². The molecule has 1 aliphatic carbocycles. The average Bonchev–Trinajstić information content (AvgIpc) is 3.12. The SMILES string of the molecule is C/C=C/c1ccc2c(C)noc2c1OCC1CC1. The fourth-order valence-electron chi connectivity index (χ4n) is 2.06. The molecule has 3 rings (SSSR count). The number of rotatable bonds is 4. The van der Waals surface area contributed by atoms with Crippen LogP contribution in [-0.2, 0) is 0 Å². The molecule has 1 saturated carbocycles. The first-order valence-corrected chi connectivity index (χ1v) is 6.44. The Morgan fingerprint density at radius 1 is 1.44 bits per heavy atom. The third kappa shape index (κ3) is 2.01. The minimum atomic E-state index is 0.725. The topological polar surface area (TPSA) is 35.3 Å². The molecule has 0 unspecified atom stereocenters. The first kappa shape index (κ1) is 11.3. The van der Waals surface area contributed by atoms with Gasteiger partial charge in [-0.2, -0.15) is 0 Å². The molecule has 0 saturated heterocycles. The standard InChI is InChI=1S/C15H17NO2/c1-3-4-12-7-8-13-10(2)16-18-15(13)14(12)17-9-11-5-6-11/h3-4,7-8,11H,5-6,9H2,1-2H3/b4-3+. The summed E-state index contributed by atoms with van der Waals surface area (Å²) < 4.78 is 11.4. The van der Waals surface area contributed by atoms with Crippen LogP contribution in [0.5, 0.6) is 5.75 Å². The molecule has 0 amide bonds. The molecule has 0 radical (unpaired) electrons. The molecule has 1 fully saturated rings. The third-order valence-corrected chi connectivity index (χ3v) is 3.31. The second kappa shape index (κ2) is 4.48. The van der Waals surface area contributed by atoms with Gasteiger partial charge in [0.25, 0.3) is 0 Å². The van der Waals surface area contributed by atoms with Crippen LogP contribution in [0.2, 0.25) is 0 Å². The highest BCUT2D eigenvalue weighted by atomic mass is 16.5. The van der Waals surface area contributed by atoms with Crippen molar-refractivity contribution < 1.29 is 9.26 Å². The molecule has 94 valence electrons. The molecule has 18 heavy (non-hydrogen) atoms. The Bertz CT molecular complexity index is 594. The Hall–Kier alpha value is -1.77. The van der Waals surface area contributed by atoms with Gasteiger partial charge in [0.05, 0.1) is 12.3 Å². The van der Waals surface area contributed by atoms with Crippen LogP contribution in [0.25, 0.3) is 17.0 Å². The van der Waals surface area contributed by atoms with E-state index in [-0.39, 0.29) is 0 Å². The summed E-state index contributed by atoms with van der Waals surface area (Å²) >= 11 is 0. The molecular formula is C15H17NO2. The average molecular weight is 243 g/mol. The van der Waals surface area contributed by atoms with Crippen LogP contribution in [0, 0.1) is 12.8 Å². The van der Waals surface area contributed by atoms with E-state index in [1.165, 1.54) is 12.8 Å². The summed E-state index contributed by atoms with van der Waals surface area (Å²) in [6.07, 6.45) is 6.61. The number of hydrogen-bond acceptors (Lipinski definition) is 3. The Morgan fingerprint density at radius 3 is 3.00 bits per heavy atom. The van der Waals surface area contributed by atoms with Gasteiger partial charge in [-0.25, -0.2) is 0 Å². The van der Waals surface area contributed by atoms with E-state index < -0.39 is 0 Å². The van der Waals surface area contributed by atoms with Gasteiger partial charge in [0.1, 0.15) is 0 Å². The first-order valence-electron chi connectivity index (χ1n) is 6.44. The van der Waals surface area contributed by atoms with E-state index in [1.54, 1.807) is 0 Å². The Kier molecular flexibility index (Phi) is 2.82. The molecule has 0 N–H and O–H groups in total. The predicted octanol–water partition coefficient (Wildman–Crippen LogP) is 3.96. The van der Waals surface area contributed by atoms with Crippen molar-refractivity contribution in [3.63, 3.8) is 0 Å². The van der Waals surface area contributed by atoms with Gasteiger partial charge in [-0.1, -0.05) is 23.4 Å². The van der Waals surface area contributed by atoms with E-state index >= 15 is 0 Å². The number of aromatic nitrogens is 1. The maximum atomic E-state index is 5.96. The summed E-state index contributed by atoms with van der Waals surface area (Å²) in [6.45, 7) is 4.73.